The van der Waals surface area contributed by atoms with E-state index in [4.69, 9.17) is 9.47 Å². The Bertz CT molecular complexity index is 786. The molecule has 2 rings (SSSR count). The molecule has 0 saturated carbocycles. The van der Waals surface area contributed by atoms with Gasteiger partial charge in [-0.15, -0.1) is 17.9 Å². The smallest absolute Gasteiger partial charge is 0.191 e. The molecular formula is C20H28N4O2S. The molecule has 146 valence electrons. The number of guanidine groups is 1. The van der Waals surface area contributed by atoms with E-state index < -0.39 is 0 Å². The minimum atomic E-state index is 0.626. The van der Waals surface area contributed by atoms with Gasteiger partial charge in [0.1, 0.15) is 0 Å². The monoisotopic (exact) mass is 388 g/mol. The van der Waals surface area contributed by atoms with Gasteiger partial charge in [-0.2, -0.15) is 0 Å². The van der Waals surface area contributed by atoms with Gasteiger partial charge in [-0.25, -0.2) is 4.98 Å². The number of ether oxygens (including phenoxy) is 2. The van der Waals surface area contributed by atoms with Crippen LogP contribution in [0.3, 0.4) is 0 Å². The van der Waals surface area contributed by atoms with Gasteiger partial charge in [-0.1, -0.05) is 6.08 Å². The van der Waals surface area contributed by atoms with Crippen molar-refractivity contribution in [3.63, 3.8) is 0 Å². The van der Waals surface area contributed by atoms with Gasteiger partial charge in [0.2, 0.25) is 0 Å². The molecule has 7 heteroatoms. The second-order valence-corrected chi connectivity index (χ2v) is 7.27. The highest BCUT2D eigenvalue weighted by Gasteiger charge is 2.12. The van der Waals surface area contributed by atoms with Crippen LogP contribution < -0.4 is 20.1 Å². The van der Waals surface area contributed by atoms with E-state index in [0.29, 0.717) is 13.0 Å². The molecule has 0 unspecified atom stereocenters. The summed E-state index contributed by atoms with van der Waals surface area (Å²) in [7, 11) is 5.06. The minimum absolute atomic E-state index is 0.626. The van der Waals surface area contributed by atoms with E-state index in [2.05, 4.69) is 40.2 Å². The van der Waals surface area contributed by atoms with Crippen LogP contribution in [0.25, 0.3) is 0 Å². The summed E-state index contributed by atoms with van der Waals surface area (Å²) in [5, 5.41) is 7.79. The zero-order valence-corrected chi connectivity index (χ0v) is 17.3. The molecule has 0 fully saturated rings. The van der Waals surface area contributed by atoms with Gasteiger partial charge in [0, 0.05) is 43.2 Å². The summed E-state index contributed by atoms with van der Waals surface area (Å²) in [5.74, 6) is 2.22. The maximum absolute atomic E-state index is 5.48. The summed E-state index contributed by atoms with van der Waals surface area (Å²) < 4.78 is 11.0. The number of nitrogens with zero attached hydrogens (tertiary/aromatic N) is 2. The van der Waals surface area contributed by atoms with Crippen LogP contribution in [0.4, 0.5) is 0 Å². The van der Waals surface area contributed by atoms with Crippen LogP contribution in [0, 0.1) is 6.92 Å². The van der Waals surface area contributed by atoms with Gasteiger partial charge in [-0.05, 0) is 31.0 Å². The van der Waals surface area contributed by atoms with E-state index in [0.717, 1.165) is 46.6 Å². The summed E-state index contributed by atoms with van der Waals surface area (Å²) in [6, 6.07) is 4.08. The second-order valence-electron chi connectivity index (χ2n) is 5.95. The molecule has 0 amide bonds. The number of aryl methyl sites for hydroxylation is 1. The van der Waals surface area contributed by atoms with Crippen molar-refractivity contribution in [3.8, 4) is 11.5 Å². The van der Waals surface area contributed by atoms with E-state index in [1.165, 1.54) is 4.88 Å². The van der Waals surface area contributed by atoms with E-state index >= 15 is 0 Å². The van der Waals surface area contributed by atoms with Crippen molar-refractivity contribution >= 4 is 17.3 Å². The largest absolute Gasteiger partial charge is 0.493 e. The zero-order chi connectivity index (χ0) is 19.6. The van der Waals surface area contributed by atoms with Gasteiger partial charge in [0.15, 0.2) is 17.5 Å². The summed E-state index contributed by atoms with van der Waals surface area (Å²) in [4.78, 5) is 9.89. The SMILES string of the molecule is C=CCc1cc(CNC(=NC)NCCc2ncc(C)s2)cc(OC)c1OC. The molecule has 0 saturated heterocycles. The highest BCUT2D eigenvalue weighted by atomic mass is 32.1. The third-order valence-electron chi connectivity index (χ3n) is 3.96. The molecule has 0 aliphatic carbocycles. The molecule has 0 spiro atoms. The molecule has 2 aromatic rings. The average molecular weight is 389 g/mol. The summed E-state index contributed by atoms with van der Waals surface area (Å²) in [6.45, 7) is 7.29. The van der Waals surface area contributed by atoms with Gasteiger partial charge in [0.05, 0.1) is 19.2 Å². The Balaban J connectivity index is 1.96. The lowest BCUT2D eigenvalue weighted by Gasteiger charge is -2.16. The summed E-state index contributed by atoms with van der Waals surface area (Å²) in [6.07, 6.45) is 5.35. The zero-order valence-electron chi connectivity index (χ0n) is 16.5. The Hall–Kier alpha value is -2.54. The molecule has 27 heavy (non-hydrogen) atoms. The summed E-state index contributed by atoms with van der Waals surface area (Å²) in [5.41, 5.74) is 2.13. The van der Waals surface area contributed by atoms with Crippen molar-refractivity contribution in [1.82, 2.24) is 15.6 Å². The topological polar surface area (TPSA) is 67.8 Å². The van der Waals surface area contributed by atoms with E-state index in [1.54, 1.807) is 32.6 Å². The number of hydrogen-bond donors (Lipinski definition) is 2. The molecule has 0 atom stereocenters. The standard InChI is InChI=1S/C20H28N4O2S/c1-6-7-16-10-15(11-17(25-4)19(16)26-5)13-24-20(21-3)22-9-8-18-23-12-14(2)27-18/h6,10-12H,1,7-9,13H2,2-5H3,(H2,21,22,24). The fraction of sp³-hybridized carbons (Fsp3) is 0.400. The van der Waals surface area contributed by atoms with E-state index in [-0.39, 0.29) is 0 Å². The number of allylic oxidation sites excluding steroid dienone is 1. The maximum Gasteiger partial charge on any atom is 0.191 e. The number of rotatable bonds is 9. The van der Waals surface area contributed by atoms with Crippen molar-refractivity contribution in [2.24, 2.45) is 4.99 Å². The predicted octanol–water partition coefficient (Wildman–Crippen LogP) is 3.10. The van der Waals surface area contributed by atoms with Crippen LogP contribution in [0.2, 0.25) is 0 Å². The second kappa shape index (κ2) is 10.6. The first-order valence-corrected chi connectivity index (χ1v) is 9.63. The fourth-order valence-electron chi connectivity index (χ4n) is 2.73. The van der Waals surface area contributed by atoms with Crippen LogP contribution in [0.1, 0.15) is 21.0 Å². The van der Waals surface area contributed by atoms with Gasteiger partial charge in [-0.3, -0.25) is 4.99 Å². The molecular weight excluding hydrogens is 360 g/mol. The Kier molecular flexibility index (Phi) is 8.13. The van der Waals surface area contributed by atoms with Crippen LogP contribution in [0.5, 0.6) is 11.5 Å². The Morgan fingerprint density at radius 2 is 2.11 bits per heavy atom. The Morgan fingerprint density at radius 3 is 2.70 bits per heavy atom. The third-order valence-corrected chi connectivity index (χ3v) is 4.94. The maximum atomic E-state index is 5.48. The number of nitrogens with one attached hydrogen (secondary N) is 2. The summed E-state index contributed by atoms with van der Waals surface area (Å²) >= 11 is 1.73. The van der Waals surface area contributed by atoms with Crippen LogP contribution in [0.15, 0.2) is 36.0 Å². The first-order valence-electron chi connectivity index (χ1n) is 8.81. The van der Waals surface area contributed by atoms with Crippen molar-refractivity contribution in [2.45, 2.75) is 26.3 Å². The van der Waals surface area contributed by atoms with Crippen LogP contribution in [-0.2, 0) is 19.4 Å². The lowest BCUT2D eigenvalue weighted by molar-refractivity contribution is 0.352. The molecule has 1 aromatic heterocycles. The molecule has 2 N–H and O–H groups in total. The van der Waals surface area contributed by atoms with Gasteiger partial charge < -0.3 is 20.1 Å². The van der Waals surface area contributed by atoms with Crippen molar-refractivity contribution in [1.29, 1.82) is 0 Å². The molecule has 1 aromatic carbocycles. The lowest BCUT2D eigenvalue weighted by Crippen LogP contribution is -2.37. The Morgan fingerprint density at radius 1 is 1.30 bits per heavy atom. The first-order chi connectivity index (χ1) is 13.1. The van der Waals surface area contributed by atoms with E-state index in [9.17, 15) is 0 Å². The molecule has 0 aliphatic rings. The first kappa shape index (κ1) is 20.8. The fourth-order valence-corrected chi connectivity index (χ4v) is 3.51. The van der Waals surface area contributed by atoms with E-state index in [1.807, 2.05) is 18.3 Å². The normalized spacial score (nSPS) is 11.2. The number of thiazole rings is 1. The number of aliphatic imine (C=N–C) groups is 1. The number of aromatic nitrogens is 1. The van der Waals surface area contributed by atoms with Crippen LogP contribution in [-0.4, -0.2) is 38.8 Å². The van der Waals surface area contributed by atoms with Crippen molar-refractivity contribution < 1.29 is 9.47 Å². The highest BCUT2D eigenvalue weighted by Crippen LogP contribution is 2.33. The Labute approximate surface area is 165 Å². The molecule has 6 nitrogen and oxygen atoms in total. The molecule has 1 heterocycles. The highest BCUT2D eigenvalue weighted by molar-refractivity contribution is 7.11. The number of methoxy groups -OCH3 is 2. The molecule has 0 radical (unpaired) electrons. The molecule has 0 bridgehead atoms. The van der Waals surface area contributed by atoms with Gasteiger partial charge >= 0.3 is 0 Å². The average Bonchev–Trinajstić information content (AvgIpc) is 3.09. The van der Waals surface area contributed by atoms with Crippen molar-refractivity contribution in [3.05, 3.63) is 52.0 Å². The number of hydrogen-bond acceptors (Lipinski definition) is 5. The van der Waals surface area contributed by atoms with Crippen molar-refractivity contribution in [2.75, 3.05) is 27.8 Å². The lowest BCUT2D eigenvalue weighted by atomic mass is 10.1. The minimum Gasteiger partial charge on any atom is -0.493 e. The third kappa shape index (κ3) is 5.99. The number of benzene rings is 1. The predicted molar refractivity (Wildman–Crippen MR) is 112 cm³/mol. The van der Waals surface area contributed by atoms with Gasteiger partial charge in [0.25, 0.3) is 0 Å². The van der Waals surface area contributed by atoms with Crippen LogP contribution >= 0.6 is 11.3 Å². The molecule has 0 aliphatic heterocycles. The quantitative estimate of drug-likeness (QED) is 0.392.